The van der Waals surface area contributed by atoms with Crippen LogP contribution in [0.3, 0.4) is 0 Å². The fourth-order valence-corrected chi connectivity index (χ4v) is 1.43. The van der Waals surface area contributed by atoms with Crippen LogP contribution in [-0.2, 0) is 0 Å². The first-order valence-corrected chi connectivity index (χ1v) is 4.62. The lowest BCUT2D eigenvalue weighted by atomic mass is 10.2. The SMILES string of the molecule is CC/C=C\c1c(Cl)cccc1Cl. The predicted molar refractivity (Wildman–Crippen MR) is 55.8 cm³/mol. The molecule has 12 heavy (non-hydrogen) atoms. The summed E-state index contributed by atoms with van der Waals surface area (Å²) in [6, 6.07) is 5.51. The summed E-state index contributed by atoms with van der Waals surface area (Å²) in [5.74, 6) is 0. The van der Waals surface area contributed by atoms with E-state index in [-0.39, 0.29) is 0 Å². The third-order valence-electron chi connectivity index (χ3n) is 1.52. The number of halogens is 2. The summed E-state index contributed by atoms with van der Waals surface area (Å²) in [4.78, 5) is 0. The highest BCUT2D eigenvalue weighted by Gasteiger charge is 1.99. The Labute approximate surface area is 82.8 Å². The molecule has 2 heteroatoms. The van der Waals surface area contributed by atoms with Crippen LogP contribution < -0.4 is 0 Å². The van der Waals surface area contributed by atoms with E-state index in [4.69, 9.17) is 23.2 Å². The molecule has 0 aromatic heterocycles. The third-order valence-corrected chi connectivity index (χ3v) is 2.18. The molecule has 0 heterocycles. The van der Waals surface area contributed by atoms with Crippen molar-refractivity contribution in [1.82, 2.24) is 0 Å². The van der Waals surface area contributed by atoms with Crippen LogP contribution in [0.25, 0.3) is 6.08 Å². The molecule has 0 aliphatic carbocycles. The van der Waals surface area contributed by atoms with Crippen molar-refractivity contribution < 1.29 is 0 Å². The van der Waals surface area contributed by atoms with Crippen molar-refractivity contribution in [1.29, 1.82) is 0 Å². The van der Waals surface area contributed by atoms with Crippen molar-refractivity contribution in [2.75, 3.05) is 0 Å². The summed E-state index contributed by atoms with van der Waals surface area (Å²) in [6.45, 7) is 2.07. The molecular weight excluding hydrogens is 191 g/mol. The number of hydrogen-bond donors (Lipinski definition) is 0. The second-order valence-corrected chi connectivity index (χ2v) is 3.26. The Morgan fingerprint density at radius 3 is 2.33 bits per heavy atom. The van der Waals surface area contributed by atoms with E-state index < -0.39 is 0 Å². The van der Waals surface area contributed by atoms with Crippen LogP contribution in [-0.4, -0.2) is 0 Å². The van der Waals surface area contributed by atoms with E-state index in [1.54, 1.807) is 0 Å². The Morgan fingerprint density at radius 1 is 1.25 bits per heavy atom. The molecule has 0 unspecified atom stereocenters. The van der Waals surface area contributed by atoms with Crippen LogP contribution in [0.15, 0.2) is 24.3 Å². The van der Waals surface area contributed by atoms with E-state index in [2.05, 4.69) is 6.92 Å². The minimum Gasteiger partial charge on any atom is -0.0841 e. The van der Waals surface area contributed by atoms with Crippen molar-refractivity contribution >= 4 is 29.3 Å². The first-order valence-electron chi connectivity index (χ1n) is 3.86. The number of hydrogen-bond acceptors (Lipinski definition) is 0. The maximum Gasteiger partial charge on any atom is 0.0493 e. The van der Waals surface area contributed by atoms with E-state index >= 15 is 0 Å². The smallest absolute Gasteiger partial charge is 0.0493 e. The Bertz CT molecular complexity index is 270. The molecule has 0 atom stereocenters. The first kappa shape index (κ1) is 9.63. The van der Waals surface area contributed by atoms with Gasteiger partial charge >= 0.3 is 0 Å². The van der Waals surface area contributed by atoms with Gasteiger partial charge in [-0.15, -0.1) is 0 Å². The van der Waals surface area contributed by atoms with Gasteiger partial charge in [0, 0.05) is 15.6 Å². The van der Waals surface area contributed by atoms with Crippen molar-refractivity contribution in [3.05, 3.63) is 39.9 Å². The van der Waals surface area contributed by atoms with Gasteiger partial charge in [0.15, 0.2) is 0 Å². The average molecular weight is 201 g/mol. The molecular formula is C10H10Cl2. The quantitative estimate of drug-likeness (QED) is 0.664. The van der Waals surface area contributed by atoms with Crippen molar-refractivity contribution in [3.63, 3.8) is 0 Å². The summed E-state index contributed by atoms with van der Waals surface area (Å²) in [5.41, 5.74) is 0.905. The van der Waals surface area contributed by atoms with Crippen LogP contribution in [0.5, 0.6) is 0 Å². The molecule has 0 aliphatic rings. The minimum atomic E-state index is 0.701. The van der Waals surface area contributed by atoms with E-state index in [9.17, 15) is 0 Å². The number of rotatable bonds is 2. The van der Waals surface area contributed by atoms with E-state index in [1.807, 2.05) is 30.4 Å². The van der Waals surface area contributed by atoms with Crippen molar-refractivity contribution in [2.24, 2.45) is 0 Å². The minimum absolute atomic E-state index is 0.701. The van der Waals surface area contributed by atoms with Gasteiger partial charge in [-0.1, -0.05) is 48.3 Å². The fourth-order valence-electron chi connectivity index (χ4n) is 0.906. The Hall–Kier alpha value is -0.460. The van der Waals surface area contributed by atoms with Gasteiger partial charge in [-0.3, -0.25) is 0 Å². The molecule has 0 saturated heterocycles. The maximum absolute atomic E-state index is 5.93. The molecule has 0 spiro atoms. The van der Waals surface area contributed by atoms with Gasteiger partial charge in [-0.2, -0.15) is 0 Å². The Balaban J connectivity index is 3.04. The van der Waals surface area contributed by atoms with Crippen LogP contribution in [0.4, 0.5) is 0 Å². The highest BCUT2D eigenvalue weighted by atomic mass is 35.5. The molecule has 0 saturated carbocycles. The molecule has 0 bridgehead atoms. The van der Waals surface area contributed by atoms with Crippen LogP contribution in [0.1, 0.15) is 18.9 Å². The zero-order valence-electron chi connectivity index (χ0n) is 6.85. The molecule has 1 aromatic rings. The lowest BCUT2D eigenvalue weighted by Gasteiger charge is -1.99. The van der Waals surface area contributed by atoms with Gasteiger partial charge < -0.3 is 0 Å². The lowest BCUT2D eigenvalue weighted by molar-refractivity contribution is 1.23. The Morgan fingerprint density at radius 2 is 1.83 bits per heavy atom. The second-order valence-electron chi connectivity index (χ2n) is 2.45. The second kappa shape index (κ2) is 4.54. The molecule has 0 nitrogen and oxygen atoms in total. The van der Waals surface area contributed by atoms with Gasteiger partial charge in [-0.25, -0.2) is 0 Å². The largest absolute Gasteiger partial charge is 0.0841 e. The zero-order chi connectivity index (χ0) is 8.97. The fraction of sp³-hybridized carbons (Fsp3) is 0.200. The highest BCUT2D eigenvalue weighted by Crippen LogP contribution is 2.25. The summed E-state index contributed by atoms with van der Waals surface area (Å²) in [7, 11) is 0. The molecule has 1 aromatic carbocycles. The molecule has 0 amide bonds. The maximum atomic E-state index is 5.93. The highest BCUT2D eigenvalue weighted by molar-refractivity contribution is 6.37. The topological polar surface area (TPSA) is 0 Å². The lowest BCUT2D eigenvalue weighted by Crippen LogP contribution is -1.76. The van der Waals surface area contributed by atoms with Crippen molar-refractivity contribution in [2.45, 2.75) is 13.3 Å². The Kier molecular flexibility index (Phi) is 3.64. The summed E-state index contributed by atoms with van der Waals surface area (Å²) >= 11 is 11.9. The first-order chi connectivity index (χ1) is 5.75. The molecule has 1 rings (SSSR count). The average Bonchev–Trinajstić information content (AvgIpc) is 2.04. The number of benzene rings is 1. The van der Waals surface area contributed by atoms with Crippen LogP contribution >= 0.6 is 23.2 Å². The summed E-state index contributed by atoms with van der Waals surface area (Å²) in [6.07, 6.45) is 4.97. The molecule has 64 valence electrons. The van der Waals surface area contributed by atoms with Crippen molar-refractivity contribution in [3.8, 4) is 0 Å². The molecule has 0 fully saturated rings. The van der Waals surface area contributed by atoms with E-state index in [0.717, 1.165) is 12.0 Å². The summed E-state index contributed by atoms with van der Waals surface area (Å²) < 4.78 is 0. The van der Waals surface area contributed by atoms with E-state index in [0.29, 0.717) is 10.0 Å². The predicted octanol–water partition coefficient (Wildman–Crippen LogP) is 4.42. The van der Waals surface area contributed by atoms with Gasteiger partial charge in [0.1, 0.15) is 0 Å². The van der Waals surface area contributed by atoms with Gasteiger partial charge in [0.25, 0.3) is 0 Å². The van der Waals surface area contributed by atoms with Gasteiger partial charge in [-0.05, 0) is 18.6 Å². The number of allylic oxidation sites excluding steroid dienone is 1. The monoisotopic (exact) mass is 200 g/mol. The van der Waals surface area contributed by atoms with Crippen LogP contribution in [0, 0.1) is 0 Å². The van der Waals surface area contributed by atoms with Crippen LogP contribution in [0.2, 0.25) is 10.0 Å². The van der Waals surface area contributed by atoms with Gasteiger partial charge in [0.05, 0.1) is 0 Å². The zero-order valence-corrected chi connectivity index (χ0v) is 8.36. The molecule has 0 N–H and O–H groups in total. The standard InChI is InChI=1S/C10H10Cl2/c1-2-3-5-8-9(11)6-4-7-10(8)12/h3-7H,2H2,1H3/b5-3-. The normalized spacial score (nSPS) is 10.9. The van der Waals surface area contributed by atoms with Gasteiger partial charge in [0.2, 0.25) is 0 Å². The molecule has 0 aliphatic heterocycles. The molecule has 0 radical (unpaired) electrons. The third kappa shape index (κ3) is 2.26. The van der Waals surface area contributed by atoms with E-state index in [1.165, 1.54) is 0 Å². The summed E-state index contributed by atoms with van der Waals surface area (Å²) in [5, 5.41) is 1.40.